The van der Waals surface area contributed by atoms with Crippen molar-refractivity contribution in [3.8, 4) is 6.07 Å². The number of hydrogen-bond acceptors (Lipinski definition) is 4. The monoisotopic (exact) mass is 308 g/mol. The molecule has 118 valence electrons. The van der Waals surface area contributed by atoms with Crippen LogP contribution in [0.4, 0.5) is 5.82 Å². The molecule has 0 spiro atoms. The summed E-state index contributed by atoms with van der Waals surface area (Å²) in [4.78, 5) is 18.3. The van der Waals surface area contributed by atoms with E-state index in [0.717, 1.165) is 11.1 Å². The molecule has 1 N–H and O–H groups in total. The molecule has 2 rings (SSSR count). The highest BCUT2D eigenvalue weighted by Gasteiger charge is 2.12. The molecule has 2 aromatic rings. The normalized spacial score (nSPS) is 9.96. The summed E-state index contributed by atoms with van der Waals surface area (Å²) in [6, 6.07) is 15.5. The molecule has 1 aromatic heterocycles. The van der Waals surface area contributed by atoms with Gasteiger partial charge in [-0.1, -0.05) is 36.4 Å². The van der Waals surface area contributed by atoms with Crippen molar-refractivity contribution in [3.05, 3.63) is 59.3 Å². The van der Waals surface area contributed by atoms with Crippen LogP contribution in [-0.2, 0) is 11.3 Å². The fraction of sp³-hybridized carbons (Fsp3) is 0.278. The standard InChI is InChI=1S/C18H20N4O/c1-3-22(13-15-7-5-4-6-8-15)18(23)12-20-17-10-9-14(2)16(11-19)21-17/h4-10H,3,12-13H2,1-2H3,(H,20,21). The van der Waals surface area contributed by atoms with E-state index in [-0.39, 0.29) is 12.5 Å². The van der Waals surface area contributed by atoms with Crippen LogP contribution in [-0.4, -0.2) is 28.9 Å². The van der Waals surface area contributed by atoms with E-state index < -0.39 is 0 Å². The van der Waals surface area contributed by atoms with Crippen molar-refractivity contribution < 1.29 is 4.79 Å². The molecule has 1 heterocycles. The Morgan fingerprint density at radius 3 is 2.65 bits per heavy atom. The zero-order valence-electron chi connectivity index (χ0n) is 13.4. The SMILES string of the molecule is CCN(Cc1ccccc1)C(=O)CNc1ccc(C)c(C#N)n1. The molecule has 0 aliphatic heterocycles. The first kappa shape index (κ1) is 16.5. The second-order valence-electron chi connectivity index (χ2n) is 5.22. The Kier molecular flexibility index (Phi) is 5.70. The fourth-order valence-electron chi connectivity index (χ4n) is 2.20. The van der Waals surface area contributed by atoms with Gasteiger partial charge in [0.05, 0.1) is 6.54 Å². The molecule has 0 aliphatic rings. The predicted molar refractivity (Wildman–Crippen MR) is 89.7 cm³/mol. The first-order valence-corrected chi connectivity index (χ1v) is 7.57. The molecule has 1 aromatic carbocycles. The number of nitrogens with one attached hydrogen (secondary N) is 1. The van der Waals surface area contributed by atoms with E-state index in [4.69, 9.17) is 5.26 Å². The third kappa shape index (κ3) is 4.55. The minimum atomic E-state index is -0.00256. The first-order valence-electron chi connectivity index (χ1n) is 7.57. The third-order valence-corrected chi connectivity index (χ3v) is 3.57. The van der Waals surface area contributed by atoms with Crippen LogP contribution in [0.5, 0.6) is 0 Å². The van der Waals surface area contributed by atoms with Gasteiger partial charge in [0.15, 0.2) is 0 Å². The number of nitrogens with zero attached hydrogens (tertiary/aromatic N) is 3. The van der Waals surface area contributed by atoms with Crippen LogP contribution in [0, 0.1) is 18.3 Å². The highest BCUT2D eigenvalue weighted by atomic mass is 16.2. The first-order chi connectivity index (χ1) is 11.1. The number of anilines is 1. The summed E-state index contributed by atoms with van der Waals surface area (Å²) in [5.41, 5.74) is 2.30. The smallest absolute Gasteiger partial charge is 0.242 e. The van der Waals surface area contributed by atoms with Crippen LogP contribution in [0.1, 0.15) is 23.7 Å². The average Bonchev–Trinajstić information content (AvgIpc) is 2.59. The molecular formula is C18H20N4O. The number of amides is 1. The Bertz CT molecular complexity index is 707. The zero-order valence-corrected chi connectivity index (χ0v) is 13.4. The molecule has 0 bridgehead atoms. The van der Waals surface area contributed by atoms with Crippen molar-refractivity contribution in [2.45, 2.75) is 20.4 Å². The summed E-state index contributed by atoms with van der Waals surface area (Å²) in [6.07, 6.45) is 0. The second-order valence-corrected chi connectivity index (χ2v) is 5.22. The van der Waals surface area contributed by atoms with Crippen LogP contribution in [0.25, 0.3) is 0 Å². The Morgan fingerprint density at radius 1 is 1.26 bits per heavy atom. The molecule has 1 amide bonds. The van der Waals surface area contributed by atoms with Crippen molar-refractivity contribution in [1.29, 1.82) is 5.26 Å². The second kappa shape index (κ2) is 7.95. The molecule has 0 saturated carbocycles. The predicted octanol–water partition coefficient (Wildman–Crippen LogP) is 2.72. The fourth-order valence-corrected chi connectivity index (χ4v) is 2.20. The maximum atomic E-state index is 12.3. The van der Waals surface area contributed by atoms with Gasteiger partial charge in [0, 0.05) is 13.1 Å². The molecular weight excluding hydrogens is 288 g/mol. The lowest BCUT2D eigenvalue weighted by Gasteiger charge is -2.21. The number of benzene rings is 1. The summed E-state index contributed by atoms with van der Waals surface area (Å²) in [5.74, 6) is 0.536. The molecule has 23 heavy (non-hydrogen) atoms. The van der Waals surface area contributed by atoms with E-state index in [2.05, 4.69) is 10.3 Å². The van der Waals surface area contributed by atoms with Crippen molar-refractivity contribution in [2.75, 3.05) is 18.4 Å². The number of hydrogen-bond donors (Lipinski definition) is 1. The minimum Gasteiger partial charge on any atom is -0.361 e. The van der Waals surface area contributed by atoms with Gasteiger partial charge in [0.1, 0.15) is 17.6 Å². The van der Waals surface area contributed by atoms with Crippen molar-refractivity contribution >= 4 is 11.7 Å². The van der Waals surface area contributed by atoms with Crippen molar-refractivity contribution in [2.24, 2.45) is 0 Å². The van der Waals surface area contributed by atoms with Gasteiger partial charge in [-0.2, -0.15) is 5.26 Å². The number of carbonyl (C=O) groups excluding carboxylic acids is 1. The summed E-state index contributed by atoms with van der Waals surface area (Å²) >= 11 is 0. The lowest BCUT2D eigenvalue weighted by Crippen LogP contribution is -2.35. The van der Waals surface area contributed by atoms with E-state index in [0.29, 0.717) is 24.6 Å². The number of likely N-dealkylation sites (N-methyl/N-ethyl adjacent to an activating group) is 1. The van der Waals surface area contributed by atoms with Gasteiger partial charge < -0.3 is 10.2 Å². The maximum absolute atomic E-state index is 12.3. The van der Waals surface area contributed by atoms with Crippen LogP contribution in [0.2, 0.25) is 0 Å². The Hall–Kier alpha value is -2.87. The molecule has 0 fully saturated rings. The number of pyridine rings is 1. The van der Waals surface area contributed by atoms with Gasteiger partial charge in [0.25, 0.3) is 0 Å². The van der Waals surface area contributed by atoms with Crippen LogP contribution in [0.15, 0.2) is 42.5 Å². The van der Waals surface area contributed by atoms with Crippen molar-refractivity contribution in [1.82, 2.24) is 9.88 Å². The van der Waals surface area contributed by atoms with Gasteiger partial charge in [0.2, 0.25) is 5.91 Å². The topological polar surface area (TPSA) is 69.0 Å². The molecule has 5 nitrogen and oxygen atoms in total. The van der Waals surface area contributed by atoms with E-state index in [1.165, 1.54) is 0 Å². The number of nitriles is 1. The molecule has 0 radical (unpaired) electrons. The zero-order chi connectivity index (χ0) is 16.7. The van der Waals surface area contributed by atoms with Crippen molar-refractivity contribution in [3.63, 3.8) is 0 Å². The Balaban J connectivity index is 1.96. The summed E-state index contributed by atoms with van der Waals surface area (Å²) < 4.78 is 0. The van der Waals surface area contributed by atoms with E-state index in [1.807, 2.05) is 56.3 Å². The minimum absolute atomic E-state index is 0.00256. The van der Waals surface area contributed by atoms with Gasteiger partial charge in [-0.3, -0.25) is 4.79 Å². The highest BCUT2D eigenvalue weighted by Crippen LogP contribution is 2.10. The molecule has 0 aliphatic carbocycles. The molecule has 5 heteroatoms. The Morgan fingerprint density at radius 2 is 2.00 bits per heavy atom. The lowest BCUT2D eigenvalue weighted by atomic mass is 10.2. The quantitative estimate of drug-likeness (QED) is 0.891. The molecule has 0 unspecified atom stereocenters. The average molecular weight is 308 g/mol. The van der Waals surface area contributed by atoms with Crippen LogP contribution < -0.4 is 5.32 Å². The van der Waals surface area contributed by atoms with Gasteiger partial charge in [-0.05, 0) is 31.0 Å². The number of aromatic nitrogens is 1. The lowest BCUT2D eigenvalue weighted by molar-refractivity contribution is -0.129. The highest BCUT2D eigenvalue weighted by molar-refractivity contribution is 5.80. The third-order valence-electron chi connectivity index (χ3n) is 3.57. The molecule has 0 saturated heterocycles. The van der Waals surface area contributed by atoms with E-state index in [9.17, 15) is 4.79 Å². The largest absolute Gasteiger partial charge is 0.361 e. The van der Waals surface area contributed by atoms with E-state index in [1.54, 1.807) is 11.0 Å². The van der Waals surface area contributed by atoms with Gasteiger partial charge in [-0.15, -0.1) is 0 Å². The Labute approximate surface area is 136 Å². The number of rotatable bonds is 6. The molecule has 0 atom stereocenters. The summed E-state index contributed by atoms with van der Waals surface area (Å²) in [6.45, 7) is 5.17. The van der Waals surface area contributed by atoms with Crippen LogP contribution in [0.3, 0.4) is 0 Å². The summed E-state index contributed by atoms with van der Waals surface area (Å²) in [5, 5.41) is 12.0. The maximum Gasteiger partial charge on any atom is 0.242 e. The van der Waals surface area contributed by atoms with Crippen LogP contribution >= 0.6 is 0 Å². The van der Waals surface area contributed by atoms with Gasteiger partial charge in [-0.25, -0.2) is 4.98 Å². The number of aryl methyl sites for hydroxylation is 1. The van der Waals surface area contributed by atoms with E-state index >= 15 is 0 Å². The number of carbonyl (C=O) groups is 1. The van der Waals surface area contributed by atoms with Gasteiger partial charge >= 0.3 is 0 Å². The summed E-state index contributed by atoms with van der Waals surface area (Å²) in [7, 11) is 0.